The number of rotatable bonds is 6. The van der Waals surface area contributed by atoms with Crippen molar-refractivity contribution in [2.45, 2.75) is 55.6 Å². The molecule has 0 spiro atoms. The average molecular weight is 476 g/mol. The first-order valence-corrected chi connectivity index (χ1v) is 12.7. The van der Waals surface area contributed by atoms with Gasteiger partial charge in [0.2, 0.25) is 5.88 Å². The van der Waals surface area contributed by atoms with Gasteiger partial charge in [-0.15, -0.1) is 4.36 Å². The summed E-state index contributed by atoms with van der Waals surface area (Å²) < 4.78 is 35.0. The van der Waals surface area contributed by atoms with Crippen LogP contribution in [0, 0.1) is 0 Å². The zero-order chi connectivity index (χ0) is 23.2. The maximum Gasteiger partial charge on any atom is 0.354 e. The number of hydrogen-bond donors (Lipinski definition) is 2. The highest BCUT2D eigenvalue weighted by Crippen LogP contribution is 2.44. The number of anilines is 1. The second-order valence-electron chi connectivity index (χ2n) is 8.79. The molecular weight excluding hydrogens is 446 g/mol. The van der Waals surface area contributed by atoms with Gasteiger partial charge in [-0.3, -0.25) is 0 Å². The average Bonchev–Trinajstić information content (AvgIpc) is 3.51. The third kappa shape index (κ3) is 4.03. The topological polar surface area (TPSA) is 130 Å². The van der Waals surface area contributed by atoms with E-state index in [0.29, 0.717) is 19.8 Å². The first-order chi connectivity index (χ1) is 15.9. The Morgan fingerprint density at radius 2 is 2.12 bits per heavy atom. The first kappa shape index (κ1) is 22.3. The van der Waals surface area contributed by atoms with E-state index >= 15 is 0 Å². The number of ether oxygens (including phenoxy) is 3. The maximum atomic E-state index is 13.3. The molecule has 2 aliphatic carbocycles. The number of fused-ring (bicyclic) bond motifs is 3. The third-order valence-corrected chi connectivity index (χ3v) is 7.94. The number of nitrogens with zero attached hydrogens (tertiary/aromatic N) is 3. The van der Waals surface area contributed by atoms with E-state index in [-0.39, 0.29) is 22.8 Å². The molecule has 10 nitrogen and oxygen atoms in total. The van der Waals surface area contributed by atoms with Crippen LogP contribution in [-0.2, 0) is 45.2 Å². The lowest BCUT2D eigenvalue weighted by atomic mass is 9.94. The van der Waals surface area contributed by atoms with Crippen molar-refractivity contribution in [3.63, 3.8) is 0 Å². The zero-order valence-corrected chi connectivity index (χ0v) is 19.7. The summed E-state index contributed by atoms with van der Waals surface area (Å²) in [6.45, 7) is 1.40. The van der Waals surface area contributed by atoms with Gasteiger partial charge in [0, 0.05) is 25.8 Å². The molecule has 3 N–H and O–H groups in total. The molecule has 3 atom stereocenters. The summed E-state index contributed by atoms with van der Waals surface area (Å²) in [6.07, 6.45) is 5.95. The molecule has 2 aromatic rings. The van der Waals surface area contributed by atoms with Crippen LogP contribution in [-0.4, -0.2) is 53.6 Å². The van der Waals surface area contributed by atoms with E-state index < -0.39 is 15.9 Å². The third-order valence-electron chi connectivity index (χ3n) is 6.60. The lowest BCUT2D eigenvalue weighted by Crippen LogP contribution is -2.22. The molecule has 5 rings (SSSR count). The van der Waals surface area contributed by atoms with Gasteiger partial charge in [-0.05, 0) is 54.4 Å². The molecule has 2 amide bonds. The van der Waals surface area contributed by atoms with E-state index in [0.717, 1.165) is 48.9 Å². The molecule has 178 valence electrons. The number of aryl methyl sites for hydroxylation is 2. The van der Waals surface area contributed by atoms with Gasteiger partial charge in [-0.1, -0.05) is 6.07 Å². The van der Waals surface area contributed by atoms with Gasteiger partial charge in [0.05, 0.1) is 26.0 Å². The first-order valence-electron chi connectivity index (χ1n) is 11.1. The summed E-state index contributed by atoms with van der Waals surface area (Å²) in [5.41, 5.74) is 5.55. The molecule has 11 heteroatoms. The number of aromatic nitrogens is 2. The summed E-state index contributed by atoms with van der Waals surface area (Å²) >= 11 is 0. The molecule has 1 aromatic heterocycles. The number of nitrogens with one attached hydrogen (secondary N) is 1. The predicted molar refractivity (Wildman–Crippen MR) is 122 cm³/mol. The molecule has 33 heavy (non-hydrogen) atoms. The Labute approximate surface area is 193 Å². The minimum Gasteiger partial charge on any atom is -0.469 e. The molecule has 0 saturated carbocycles. The second-order valence-corrected chi connectivity index (χ2v) is 10.5. The van der Waals surface area contributed by atoms with Crippen LogP contribution in [0.25, 0.3) is 0 Å². The molecular formula is C22H29N5O5S. The highest BCUT2D eigenvalue weighted by molar-refractivity contribution is 7.91. The van der Waals surface area contributed by atoms with E-state index in [9.17, 15) is 9.00 Å². The fourth-order valence-corrected chi connectivity index (χ4v) is 6.24. The molecule has 1 unspecified atom stereocenters. The largest absolute Gasteiger partial charge is 0.469 e. The van der Waals surface area contributed by atoms with Crippen molar-refractivity contribution in [2.24, 2.45) is 9.50 Å². The second kappa shape index (κ2) is 8.71. The Kier molecular flexibility index (Phi) is 5.89. The van der Waals surface area contributed by atoms with Crippen LogP contribution in [0.2, 0.25) is 0 Å². The van der Waals surface area contributed by atoms with Gasteiger partial charge in [0.15, 0.2) is 9.92 Å². The maximum absolute atomic E-state index is 13.3. The lowest BCUT2D eigenvalue weighted by Gasteiger charge is -2.19. The minimum atomic E-state index is -3.56. The number of amides is 2. The van der Waals surface area contributed by atoms with Gasteiger partial charge in [-0.25, -0.2) is 18.8 Å². The van der Waals surface area contributed by atoms with Crippen molar-refractivity contribution in [1.82, 2.24) is 9.78 Å². The molecule has 0 bridgehead atoms. The number of hydrogen-bond acceptors (Lipinski definition) is 6. The fraction of sp³-hybridized carbons (Fsp3) is 0.545. The number of benzene rings is 1. The number of methoxy groups -OCH3 is 2. The van der Waals surface area contributed by atoms with Crippen LogP contribution in [0.1, 0.15) is 41.0 Å². The summed E-state index contributed by atoms with van der Waals surface area (Å²) in [5, 5.41) is 13.2. The number of nitrogens with two attached hydrogens (primary N) is 1. The van der Waals surface area contributed by atoms with Gasteiger partial charge in [-0.2, -0.15) is 5.10 Å². The summed E-state index contributed by atoms with van der Waals surface area (Å²) in [6, 6.07) is 1.54. The van der Waals surface area contributed by atoms with Crippen LogP contribution in [0.3, 0.4) is 0 Å². The van der Waals surface area contributed by atoms with Gasteiger partial charge in [0.1, 0.15) is 11.0 Å². The van der Waals surface area contributed by atoms with Crippen molar-refractivity contribution in [3.8, 4) is 5.88 Å². The monoisotopic (exact) mass is 475 g/mol. The van der Waals surface area contributed by atoms with Crippen LogP contribution >= 0.6 is 0 Å². The van der Waals surface area contributed by atoms with Gasteiger partial charge >= 0.3 is 6.03 Å². The molecule has 1 aromatic carbocycles. The number of urea groups is 1. The molecule has 0 radical (unpaired) electrons. The van der Waals surface area contributed by atoms with Crippen molar-refractivity contribution >= 4 is 21.6 Å². The van der Waals surface area contributed by atoms with Crippen LogP contribution < -0.4 is 15.2 Å². The highest BCUT2D eigenvalue weighted by Gasteiger charge is 2.33. The normalized spacial score (nSPS) is 22.3. The SMILES string of the molecule is COC[C@@H]1Cn2ncc(S(N)(=O)=NC(=O)Nc3c4c(cc5c3[C@H](COC)CC5)CCC4)c2O1. The number of carbonyl (C=O) groups is 1. The summed E-state index contributed by atoms with van der Waals surface area (Å²) in [7, 11) is -0.301. The zero-order valence-electron chi connectivity index (χ0n) is 18.8. The molecule has 0 fully saturated rings. The van der Waals surface area contributed by atoms with Gasteiger partial charge < -0.3 is 19.5 Å². The van der Waals surface area contributed by atoms with E-state index in [1.54, 1.807) is 18.9 Å². The smallest absolute Gasteiger partial charge is 0.354 e. The fourth-order valence-electron chi connectivity index (χ4n) is 5.25. The Morgan fingerprint density at radius 3 is 2.91 bits per heavy atom. The predicted octanol–water partition coefficient (Wildman–Crippen LogP) is 2.39. The summed E-state index contributed by atoms with van der Waals surface area (Å²) in [4.78, 5) is 13.1. The molecule has 2 heterocycles. The quantitative estimate of drug-likeness (QED) is 0.660. The van der Waals surface area contributed by atoms with E-state index in [2.05, 4.69) is 20.8 Å². The van der Waals surface area contributed by atoms with Crippen molar-refractivity contribution in [1.29, 1.82) is 0 Å². The van der Waals surface area contributed by atoms with E-state index in [1.807, 2.05) is 0 Å². The Bertz CT molecular complexity index is 1220. The van der Waals surface area contributed by atoms with Crippen LogP contribution in [0.4, 0.5) is 10.5 Å². The lowest BCUT2D eigenvalue weighted by molar-refractivity contribution is 0.0920. The molecule has 1 aliphatic heterocycles. The van der Waals surface area contributed by atoms with E-state index in [4.69, 9.17) is 19.3 Å². The molecule has 0 saturated heterocycles. The number of carbonyl (C=O) groups excluding carboxylic acids is 1. The highest BCUT2D eigenvalue weighted by atomic mass is 32.2. The van der Waals surface area contributed by atoms with Crippen LogP contribution in [0.15, 0.2) is 21.5 Å². The van der Waals surface area contributed by atoms with E-state index in [1.165, 1.54) is 17.3 Å². The standard InChI is InChI=1S/C22H29N5O5S/c1-30-11-15-7-6-14-8-13-4-3-5-17(13)20(19(14)15)25-22(28)26-33(23,29)18-9-24-27-10-16(12-31-2)32-21(18)27/h8-9,15-16H,3-7,10-12H2,1-2H3,(H3,23,25,26,28,29)/t15-,16-,33?/m0/s1. The summed E-state index contributed by atoms with van der Waals surface area (Å²) in [5.74, 6) is 0.473. The Hall–Kier alpha value is -2.47. The molecule has 3 aliphatic rings. The van der Waals surface area contributed by atoms with Crippen LogP contribution in [0.5, 0.6) is 5.88 Å². The minimum absolute atomic E-state index is 0.108. The Balaban J connectivity index is 1.46. The van der Waals surface area contributed by atoms with Crippen molar-refractivity contribution in [2.75, 3.05) is 32.8 Å². The van der Waals surface area contributed by atoms with Crippen molar-refractivity contribution < 1.29 is 23.2 Å². The van der Waals surface area contributed by atoms with Gasteiger partial charge in [0.25, 0.3) is 0 Å². The van der Waals surface area contributed by atoms with Crippen molar-refractivity contribution in [3.05, 3.63) is 34.5 Å². The Morgan fingerprint density at radius 1 is 1.30 bits per heavy atom.